The summed E-state index contributed by atoms with van der Waals surface area (Å²) in [5.74, 6) is -0.423. The molecule has 2 N–H and O–H groups in total. The van der Waals surface area contributed by atoms with Crippen LogP contribution in [0.3, 0.4) is 0 Å². The zero-order valence-corrected chi connectivity index (χ0v) is 11.8. The molecule has 0 aromatic rings. The van der Waals surface area contributed by atoms with E-state index in [1.54, 1.807) is 11.8 Å². The van der Waals surface area contributed by atoms with Crippen molar-refractivity contribution in [3.63, 3.8) is 0 Å². The summed E-state index contributed by atoms with van der Waals surface area (Å²) >= 11 is 1.56. The quantitative estimate of drug-likeness (QED) is 0.728. The Morgan fingerprint density at radius 1 is 1.39 bits per heavy atom. The Kier molecular flexibility index (Phi) is 6.32. The summed E-state index contributed by atoms with van der Waals surface area (Å²) < 4.78 is 0. The molecule has 104 valence electrons. The van der Waals surface area contributed by atoms with E-state index >= 15 is 0 Å². The Hall–Kier alpha value is -0.910. The first-order valence-corrected chi connectivity index (χ1v) is 7.57. The zero-order valence-electron chi connectivity index (χ0n) is 11.0. The summed E-state index contributed by atoms with van der Waals surface area (Å²) in [6, 6.07) is -0.924. The second-order valence-corrected chi connectivity index (χ2v) is 5.63. The fourth-order valence-electron chi connectivity index (χ4n) is 1.96. The summed E-state index contributed by atoms with van der Waals surface area (Å²) in [7, 11) is 0. The molecule has 1 heterocycles. The second kappa shape index (κ2) is 7.51. The first-order valence-electron chi connectivity index (χ1n) is 6.52. The molecule has 0 bridgehead atoms. The number of thioether (sulfide) groups is 1. The van der Waals surface area contributed by atoms with Gasteiger partial charge in [-0.1, -0.05) is 26.7 Å². The molecule has 18 heavy (non-hydrogen) atoms. The molecule has 1 fully saturated rings. The van der Waals surface area contributed by atoms with Gasteiger partial charge in [-0.3, -0.25) is 4.90 Å². The van der Waals surface area contributed by atoms with Gasteiger partial charge < -0.3 is 10.4 Å². The summed E-state index contributed by atoms with van der Waals surface area (Å²) in [5, 5.41) is 12.0. The van der Waals surface area contributed by atoms with Crippen LogP contribution in [0.4, 0.5) is 4.79 Å². The van der Waals surface area contributed by atoms with E-state index in [0.717, 1.165) is 25.7 Å². The average molecular weight is 274 g/mol. The van der Waals surface area contributed by atoms with Crippen molar-refractivity contribution < 1.29 is 14.7 Å². The SMILES string of the molecule is CCCCNC(=O)N1C(CCC)SCC1C(=O)O. The van der Waals surface area contributed by atoms with E-state index < -0.39 is 12.0 Å². The number of unbranched alkanes of at least 4 members (excludes halogenated alkanes) is 1. The van der Waals surface area contributed by atoms with Crippen molar-refractivity contribution in [1.29, 1.82) is 0 Å². The van der Waals surface area contributed by atoms with Crippen molar-refractivity contribution in [2.75, 3.05) is 12.3 Å². The molecule has 1 rings (SSSR count). The van der Waals surface area contributed by atoms with Gasteiger partial charge in [-0.25, -0.2) is 9.59 Å². The molecule has 0 radical (unpaired) electrons. The van der Waals surface area contributed by atoms with Crippen LogP contribution < -0.4 is 5.32 Å². The first-order chi connectivity index (χ1) is 8.61. The molecule has 2 amide bonds. The lowest BCUT2D eigenvalue weighted by atomic mass is 10.2. The number of carbonyl (C=O) groups is 2. The predicted molar refractivity (Wildman–Crippen MR) is 72.7 cm³/mol. The summed E-state index contributed by atoms with van der Waals surface area (Å²) in [6.07, 6.45) is 3.72. The Labute approximate surface area is 112 Å². The van der Waals surface area contributed by atoms with E-state index in [4.69, 9.17) is 5.11 Å². The lowest BCUT2D eigenvalue weighted by Gasteiger charge is -2.27. The van der Waals surface area contributed by atoms with E-state index in [0.29, 0.717) is 12.3 Å². The third kappa shape index (κ3) is 3.80. The Bertz CT molecular complexity index is 299. The fourth-order valence-corrected chi connectivity index (χ4v) is 3.47. The molecular formula is C12H22N2O3S. The van der Waals surface area contributed by atoms with E-state index in [1.807, 2.05) is 6.92 Å². The smallest absolute Gasteiger partial charge is 0.327 e. The van der Waals surface area contributed by atoms with Gasteiger partial charge in [-0.05, 0) is 12.8 Å². The second-order valence-electron chi connectivity index (χ2n) is 4.42. The number of nitrogens with one attached hydrogen (secondary N) is 1. The maximum absolute atomic E-state index is 12.1. The standard InChI is InChI=1S/C12H22N2O3S/c1-3-5-7-13-12(17)14-9(11(15)16)8-18-10(14)6-4-2/h9-10H,3-8H2,1-2H3,(H,13,17)(H,15,16). The molecule has 1 aliphatic heterocycles. The number of hydrogen-bond acceptors (Lipinski definition) is 3. The van der Waals surface area contributed by atoms with Gasteiger partial charge in [0.05, 0.1) is 5.37 Å². The normalized spacial score (nSPS) is 23.1. The highest BCUT2D eigenvalue weighted by Crippen LogP contribution is 2.32. The Morgan fingerprint density at radius 3 is 2.67 bits per heavy atom. The van der Waals surface area contributed by atoms with Crippen molar-refractivity contribution in [1.82, 2.24) is 10.2 Å². The largest absolute Gasteiger partial charge is 0.480 e. The van der Waals surface area contributed by atoms with Crippen LogP contribution in [-0.4, -0.2) is 45.7 Å². The number of aliphatic carboxylic acids is 1. The first kappa shape index (κ1) is 15.1. The lowest BCUT2D eigenvalue weighted by molar-refractivity contribution is -0.141. The summed E-state index contributed by atoms with van der Waals surface area (Å²) in [5.41, 5.74) is 0. The fraction of sp³-hybridized carbons (Fsp3) is 0.833. The number of carboxylic acid groups (broad SMARTS) is 1. The molecule has 0 aliphatic carbocycles. The van der Waals surface area contributed by atoms with Gasteiger partial charge in [0.2, 0.25) is 0 Å². The van der Waals surface area contributed by atoms with Crippen molar-refractivity contribution in [2.45, 2.75) is 50.9 Å². The molecule has 1 aliphatic rings. The molecule has 0 aromatic carbocycles. The van der Waals surface area contributed by atoms with Crippen LogP contribution in [-0.2, 0) is 4.79 Å². The van der Waals surface area contributed by atoms with Gasteiger partial charge in [0.15, 0.2) is 0 Å². The highest BCUT2D eigenvalue weighted by Gasteiger charge is 2.40. The molecule has 2 unspecified atom stereocenters. The zero-order chi connectivity index (χ0) is 13.5. The number of carboxylic acids is 1. The molecule has 2 atom stereocenters. The van der Waals surface area contributed by atoms with Gasteiger partial charge in [-0.2, -0.15) is 0 Å². The number of rotatable bonds is 6. The van der Waals surface area contributed by atoms with E-state index in [-0.39, 0.29) is 11.4 Å². The molecule has 1 saturated heterocycles. The number of hydrogen-bond donors (Lipinski definition) is 2. The molecule has 5 nitrogen and oxygen atoms in total. The Morgan fingerprint density at radius 2 is 2.11 bits per heavy atom. The minimum atomic E-state index is -0.910. The number of amides is 2. The maximum Gasteiger partial charge on any atom is 0.327 e. The lowest BCUT2D eigenvalue weighted by Crippen LogP contribution is -2.50. The van der Waals surface area contributed by atoms with Gasteiger partial charge in [0, 0.05) is 12.3 Å². The predicted octanol–water partition coefficient (Wildman–Crippen LogP) is 2.12. The molecule has 0 saturated carbocycles. The minimum absolute atomic E-state index is 0.00211. The van der Waals surface area contributed by atoms with Crippen LogP contribution in [0.25, 0.3) is 0 Å². The Balaban J connectivity index is 2.63. The van der Waals surface area contributed by atoms with Crippen molar-refractivity contribution in [3.8, 4) is 0 Å². The molecule has 6 heteroatoms. The van der Waals surface area contributed by atoms with Gasteiger partial charge in [0.25, 0.3) is 0 Å². The van der Waals surface area contributed by atoms with E-state index in [2.05, 4.69) is 12.2 Å². The third-order valence-corrected chi connectivity index (χ3v) is 4.31. The minimum Gasteiger partial charge on any atom is -0.480 e. The van der Waals surface area contributed by atoms with Gasteiger partial charge in [-0.15, -0.1) is 11.8 Å². The van der Waals surface area contributed by atoms with Crippen LogP contribution >= 0.6 is 11.8 Å². The summed E-state index contributed by atoms with van der Waals surface area (Å²) in [4.78, 5) is 24.7. The maximum atomic E-state index is 12.1. The van der Waals surface area contributed by atoms with Crippen LogP contribution in [0, 0.1) is 0 Å². The van der Waals surface area contributed by atoms with Crippen molar-refractivity contribution in [2.24, 2.45) is 0 Å². The topological polar surface area (TPSA) is 69.6 Å². The number of carbonyl (C=O) groups excluding carboxylic acids is 1. The molecule has 0 aromatic heterocycles. The number of nitrogens with zero attached hydrogens (tertiary/aromatic N) is 1. The molecule has 0 spiro atoms. The van der Waals surface area contributed by atoms with Crippen LogP contribution in [0.15, 0.2) is 0 Å². The summed E-state index contributed by atoms with van der Waals surface area (Å²) in [6.45, 7) is 4.71. The van der Waals surface area contributed by atoms with Crippen LogP contribution in [0.2, 0.25) is 0 Å². The van der Waals surface area contributed by atoms with Crippen LogP contribution in [0.5, 0.6) is 0 Å². The molecular weight excluding hydrogens is 252 g/mol. The van der Waals surface area contributed by atoms with Crippen molar-refractivity contribution >= 4 is 23.8 Å². The monoisotopic (exact) mass is 274 g/mol. The number of urea groups is 1. The average Bonchev–Trinajstić information content (AvgIpc) is 2.73. The van der Waals surface area contributed by atoms with E-state index in [1.165, 1.54) is 4.90 Å². The van der Waals surface area contributed by atoms with Crippen LogP contribution in [0.1, 0.15) is 39.5 Å². The van der Waals surface area contributed by atoms with Gasteiger partial charge >= 0.3 is 12.0 Å². The third-order valence-electron chi connectivity index (χ3n) is 2.95. The van der Waals surface area contributed by atoms with E-state index in [9.17, 15) is 9.59 Å². The van der Waals surface area contributed by atoms with Gasteiger partial charge in [0.1, 0.15) is 6.04 Å². The highest BCUT2D eigenvalue weighted by molar-refractivity contribution is 8.00. The van der Waals surface area contributed by atoms with Crippen molar-refractivity contribution in [3.05, 3.63) is 0 Å². The highest BCUT2D eigenvalue weighted by atomic mass is 32.2.